The fraction of sp³-hybridized carbons (Fsp3) is 0.941. The number of likely N-dealkylation sites (tertiary alicyclic amines) is 1. The molecule has 3 fully saturated rings. The Bertz CT molecular complexity index is 366. The standard InChI is InChI=1S/C17H30N2O4.ClH/c20-17(11-14-12-21-10-6-18-14)19-7-4-15(5-8-19)23-13-16-3-1-2-9-22-16;/h14-16,18H,1-13H2;1H. The molecule has 1 N–H and O–H groups in total. The number of halogens is 1. The van der Waals surface area contributed by atoms with Gasteiger partial charge in [-0.15, -0.1) is 12.4 Å². The number of rotatable bonds is 5. The molecule has 6 nitrogen and oxygen atoms in total. The molecule has 140 valence electrons. The van der Waals surface area contributed by atoms with E-state index in [9.17, 15) is 4.79 Å². The molecule has 0 aromatic carbocycles. The first kappa shape index (κ1) is 19.9. The summed E-state index contributed by atoms with van der Waals surface area (Å²) in [5.41, 5.74) is 0. The quantitative estimate of drug-likeness (QED) is 0.800. The fourth-order valence-electron chi connectivity index (χ4n) is 3.54. The Balaban J connectivity index is 0.00000208. The van der Waals surface area contributed by atoms with Gasteiger partial charge in [0, 0.05) is 38.7 Å². The highest BCUT2D eigenvalue weighted by Gasteiger charge is 2.26. The van der Waals surface area contributed by atoms with Crippen molar-refractivity contribution in [2.24, 2.45) is 0 Å². The van der Waals surface area contributed by atoms with E-state index in [0.29, 0.717) is 19.6 Å². The first-order valence-corrected chi connectivity index (χ1v) is 9.13. The van der Waals surface area contributed by atoms with Gasteiger partial charge in [-0.2, -0.15) is 0 Å². The first-order chi connectivity index (χ1) is 11.3. The van der Waals surface area contributed by atoms with Crippen molar-refractivity contribution in [1.82, 2.24) is 10.2 Å². The minimum Gasteiger partial charge on any atom is -0.378 e. The van der Waals surface area contributed by atoms with Crippen LogP contribution in [0.4, 0.5) is 0 Å². The van der Waals surface area contributed by atoms with Crippen molar-refractivity contribution >= 4 is 18.3 Å². The SMILES string of the molecule is Cl.O=C(CC1COCCN1)N1CCC(OCC2CCCCO2)CC1. The molecule has 0 aromatic heterocycles. The van der Waals surface area contributed by atoms with Crippen LogP contribution in [0.3, 0.4) is 0 Å². The minimum absolute atomic E-state index is 0. The minimum atomic E-state index is 0. The molecule has 0 aliphatic carbocycles. The van der Waals surface area contributed by atoms with Gasteiger partial charge in [-0.05, 0) is 32.1 Å². The van der Waals surface area contributed by atoms with Gasteiger partial charge >= 0.3 is 0 Å². The Kier molecular flexibility index (Phi) is 8.76. The fourth-order valence-corrected chi connectivity index (χ4v) is 3.54. The molecule has 3 rings (SSSR count). The zero-order chi connectivity index (χ0) is 15.9. The Labute approximate surface area is 151 Å². The molecule has 3 aliphatic heterocycles. The van der Waals surface area contributed by atoms with Crippen molar-refractivity contribution in [3.05, 3.63) is 0 Å². The monoisotopic (exact) mass is 362 g/mol. The summed E-state index contributed by atoms with van der Waals surface area (Å²) in [6.45, 7) is 5.44. The van der Waals surface area contributed by atoms with Crippen LogP contribution in [-0.2, 0) is 19.0 Å². The molecule has 0 aromatic rings. The van der Waals surface area contributed by atoms with E-state index in [0.717, 1.165) is 52.1 Å². The number of carbonyl (C=O) groups excluding carboxylic acids is 1. The maximum absolute atomic E-state index is 12.3. The van der Waals surface area contributed by atoms with Gasteiger partial charge in [0.25, 0.3) is 0 Å². The Morgan fingerprint density at radius 1 is 1.17 bits per heavy atom. The molecule has 2 unspecified atom stereocenters. The summed E-state index contributed by atoms with van der Waals surface area (Å²) in [5.74, 6) is 0.238. The van der Waals surface area contributed by atoms with Crippen LogP contribution in [0.5, 0.6) is 0 Å². The molecule has 2 atom stereocenters. The van der Waals surface area contributed by atoms with E-state index in [1.165, 1.54) is 12.8 Å². The third-order valence-corrected chi connectivity index (χ3v) is 5.01. The summed E-state index contributed by atoms with van der Waals surface area (Å²) in [6.07, 6.45) is 6.52. The van der Waals surface area contributed by atoms with Crippen molar-refractivity contribution in [2.75, 3.05) is 46.1 Å². The molecule has 1 amide bonds. The molecule has 0 bridgehead atoms. The average molecular weight is 363 g/mol. The van der Waals surface area contributed by atoms with Crippen molar-refractivity contribution in [3.8, 4) is 0 Å². The number of hydrogen-bond donors (Lipinski definition) is 1. The van der Waals surface area contributed by atoms with Crippen molar-refractivity contribution in [2.45, 2.75) is 56.8 Å². The number of piperidine rings is 1. The molecule has 3 heterocycles. The Morgan fingerprint density at radius 3 is 2.67 bits per heavy atom. The summed E-state index contributed by atoms with van der Waals surface area (Å²) in [6, 6.07) is 0.175. The number of ether oxygens (including phenoxy) is 3. The number of carbonyl (C=O) groups is 1. The van der Waals surface area contributed by atoms with Crippen LogP contribution < -0.4 is 5.32 Å². The van der Waals surface area contributed by atoms with E-state index < -0.39 is 0 Å². The second kappa shape index (κ2) is 10.6. The van der Waals surface area contributed by atoms with Crippen LogP contribution in [0.25, 0.3) is 0 Å². The molecule has 3 aliphatic rings. The number of hydrogen-bond acceptors (Lipinski definition) is 5. The summed E-state index contributed by atoms with van der Waals surface area (Å²) >= 11 is 0. The largest absolute Gasteiger partial charge is 0.378 e. The highest BCUT2D eigenvalue weighted by atomic mass is 35.5. The van der Waals surface area contributed by atoms with Crippen LogP contribution >= 0.6 is 12.4 Å². The zero-order valence-electron chi connectivity index (χ0n) is 14.4. The van der Waals surface area contributed by atoms with Gasteiger partial charge in [-0.1, -0.05) is 0 Å². The average Bonchev–Trinajstić information content (AvgIpc) is 2.62. The van der Waals surface area contributed by atoms with E-state index in [-0.39, 0.29) is 36.6 Å². The van der Waals surface area contributed by atoms with E-state index in [1.807, 2.05) is 4.90 Å². The van der Waals surface area contributed by atoms with Gasteiger partial charge in [-0.25, -0.2) is 0 Å². The molecular weight excluding hydrogens is 332 g/mol. The van der Waals surface area contributed by atoms with Gasteiger partial charge in [0.15, 0.2) is 0 Å². The van der Waals surface area contributed by atoms with E-state index in [2.05, 4.69) is 5.32 Å². The first-order valence-electron chi connectivity index (χ1n) is 9.13. The normalized spacial score (nSPS) is 29.1. The Morgan fingerprint density at radius 2 is 2.00 bits per heavy atom. The smallest absolute Gasteiger partial charge is 0.224 e. The van der Waals surface area contributed by atoms with Crippen LogP contribution in [0, 0.1) is 0 Å². The van der Waals surface area contributed by atoms with E-state index in [4.69, 9.17) is 14.2 Å². The highest BCUT2D eigenvalue weighted by Crippen LogP contribution is 2.18. The summed E-state index contributed by atoms with van der Waals surface area (Å²) in [4.78, 5) is 14.3. The van der Waals surface area contributed by atoms with Crippen molar-refractivity contribution in [1.29, 1.82) is 0 Å². The lowest BCUT2D eigenvalue weighted by Crippen LogP contribution is -2.47. The topological polar surface area (TPSA) is 60.0 Å². The molecule has 0 saturated carbocycles. The molecule has 3 saturated heterocycles. The summed E-state index contributed by atoms with van der Waals surface area (Å²) in [5, 5.41) is 3.34. The van der Waals surface area contributed by atoms with Crippen LogP contribution in [-0.4, -0.2) is 75.1 Å². The van der Waals surface area contributed by atoms with Crippen LogP contribution in [0.15, 0.2) is 0 Å². The van der Waals surface area contributed by atoms with Gasteiger partial charge in [-0.3, -0.25) is 4.79 Å². The maximum Gasteiger partial charge on any atom is 0.224 e. The number of nitrogens with zero attached hydrogens (tertiary/aromatic N) is 1. The molecular formula is C17H31ClN2O4. The highest BCUT2D eigenvalue weighted by molar-refractivity contribution is 5.85. The number of morpholine rings is 1. The summed E-state index contributed by atoms with van der Waals surface area (Å²) < 4.78 is 17.1. The second-order valence-electron chi connectivity index (χ2n) is 6.83. The molecule has 24 heavy (non-hydrogen) atoms. The van der Waals surface area contributed by atoms with Gasteiger partial charge in [0.1, 0.15) is 0 Å². The van der Waals surface area contributed by atoms with E-state index in [1.54, 1.807) is 0 Å². The zero-order valence-corrected chi connectivity index (χ0v) is 15.2. The number of nitrogens with one attached hydrogen (secondary N) is 1. The maximum atomic E-state index is 12.3. The third kappa shape index (κ3) is 6.15. The lowest BCUT2D eigenvalue weighted by atomic mass is 10.1. The predicted molar refractivity (Wildman–Crippen MR) is 93.6 cm³/mol. The molecule has 0 spiro atoms. The third-order valence-electron chi connectivity index (χ3n) is 5.01. The Hall–Kier alpha value is -0.400. The molecule has 7 heteroatoms. The van der Waals surface area contributed by atoms with Crippen molar-refractivity contribution in [3.63, 3.8) is 0 Å². The van der Waals surface area contributed by atoms with E-state index >= 15 is 0 Å². The molecule has 0 radical (unpaired) electrons. The van der Waals surface area contributed by atoms with Gasteiger partial charge in [0.05, 0.1) is 32.0 Å². The lowest BCUT2D eigenvalue weighted by Gasteiger charge is -2.34. The predicted octanol–water partition coefficient (Wildman–Crippen LogP) is 1.36. The number of amides is 1. The van der Waals surface area contributed by atoms with Crippen LogP contribution in [0.1, 0.15) is 38.5 Å². The van der Waals surface area contributed by atoms with Crippen molar-refractivity contribution < 1.29 is 19.0 Å². The van der Waals surface area contributed by atoms with Crippen LogP contribution in [0.2, 0.25) is 0 Å². The van der Waals surface area contributed by atoms with Gasteiger partial charge < -0.3 is 24.4 Å². The second-order valence-corrected chi connectivity index (χ2v) is 6.83. The lowest BCUT2D eigenvalue weighted by molar-refractivity contribution is -0.136. The summed E-state index contributed by atoms with van der Waals surface area (Å²) in [7, 11) is 0. The van der Waals surface area contributed by atoms with Gasteiger partial charge in [0.2, 0.25) is 5.91 Å².